The zero-order valence-electron chi connectivity index (χ0n) is 20.5. The first kappa shape index (κ1) is 24.6. The molecule has 0 atom stereocenters. The van der Waals surface area contributed by atoms with E-state index in [1.807, 2.05) is 18.2 Å². The SMILES string of the molecule is COc1ccc(NC(=O)c2ccc(CN3C(=O)COc4ccc(C(=O)COc5ccccc5)cc43)o2)cc1. The van der Waals surface area contributed by atoms with Gasteiger partial charge < -0.3 is 23.9 Å². The van der Waals surface area contributed by atoms with Crippen LogP contribution in [-0.2, 0) is 11.3 Å². The molecule has 1 aliphatic rings. The smallest absolute Gasteiger partial charge is 0.291 e. The lowest BCUT2D eigenvalue weighted by Gasteiger charge is -2.29. The number of amides is 2. The molecule has 1 aliphatic heterocycles. The summed E-state index contributed by atoms with van der Waals surface area (Å²) >= 11 is 0. The van der Waals surface area contributed by atoms with Crippen molar-refractivity contribution in [2.75, 3.05) is 30.5 Å². The lowest BCUT2D eigenvalue weighted by Crippen LogP contribution is -2.38. The van der Waals surface area contributed by atoms with Gasteiger partial charge >= 0.3 is 0 Å². The van der Waals surface area contributed by atoms with E-state index in [1.54, 1.807) is 73.8 Å². The van der Waals surface area contributed by atoms with E-state index in [4.69, 9.17) is 18.6 Å². The van der Waals surface area contributed by atoms with E-state index < -0.39 is 5.91 Å². The Labute approximate surface area is 218 Å². The van der Waals surface area contributed by atoms with E-state index >= 15 is 0 Å². The Morgan fingerprint density at radius 2 is 1.74 bits per heavy atom. The molecule has 0 bridgehead atoms. The van der Waals surface area contributed by atoms with Crippen LogP contribution in [-0.4, -0.2) is 37.9 Å². The van der Waals surface area contributed by atoms with Gasteiger partial charge in [0.2, 0.25) is 0 Å². The Kier molecular flexibility index (Phi) is 7.08. The van der Waals surface area contributed by atoms with Gasteiger partial charge in [-0.1, -0.05) is 18.2 Å². The first-order chi connectivity index (χ1) is 18.5. The number of furan rings is 1. The van der Waals surface area contributed by atoms with Crippen LogP contribution in [0.2, 0.25) is 0 Å². The molecule has 3 aromatic carbocycles. The zero-order valence-corrected chi connectivity index (χ0v) is 20.5. The summed E-state index contributed by atoms with van der Waals surface area (Å²) in [5.41, 5.74) is 1.40. The summed E-state index contributed by atoms with van der Waals surface area (Å²) in [6.45, 7) is -0.242. The summed E-state index contributed by atoms with van der Waals surface area (Å²) in [6, 6.07) is 24.0. The third kappa shape index (κ3) is 5.52. The van der Waals surface area contributed by atoms with Gasteiger partial charge in [0.15, 0.2) is 24.8 Å². The van der Waals surface area contributed by atoms with E-state index in [0.29, 0.717) is 39.9 Å². The molecule has 0 unspecified atom stereocenters. The molecule has 38 heavy (non-hydrogen) atoms. The molecule has 5 rings (SSSR count). The number of ether oxygens (including phenoxy) is 3. The third-order valence-electron chi connectivity index (χ3n) is 5.88. The van der Waals surface area contributed by atoms with Gasteiger partial charge in [0.05, 0.1) is 19.3 Å². The highest BCUT2D eigenvalue weighted by molar-refractivity contribution is 6.03. The monoisotopic (exact) mass is 512 g/mol. The maximum absolute atomic E-state index is 12.8. The fourth-order valence-electron chi connectivity index (χ4n) is 3.91. The molecule has 0 radical (unpaired) electrons. The van der Waals surface area contributed by atoms with Gasteiger partial charge in [-0.3, -0.25) is 19.3 Å². The number of benzene rings is 3. The highest BCUT2D eigenvalue weighted by atomic mass is 16.5. The topological polar surface area (TPSA) is 107 Å². The lowest BCUT2D eigenvalue weighted by molar-refractivity contribution is -0.121. The second kappa shape index (κ2) is 10.9. The van der Waals surface area contributed by atoms with Crippen LogP contribution in [0.5, 0.6) is 17.2 Å². The molecule has 9 heteroatoms. The molecular formula is C29H24N2O7. The molecule has 1 aromatic heterocycles. The van der Waals surface area contributed by atoms with Crippen LogP contribution in [0.25, 0.3) is 0 Å². The molecule has 2 amide bonds. The Hall–Kier alpha value is -5.05. The highest BCUT2D eigenvalue weighted by Gasteiger charge is 2.28. The predicted molar refractivity (Wildman–Crippen MR) is 139 cm³/mol. The molecule has 192 valence electrons. The maximum atomic E-state index is 12.8. The summed E-state index contributed by atoms with van der Waals surface area (Å²) in [7, 11) is 1.56. The van der Waals surface area contributed by atoms with Gasteiger partial charge in [0, 0.05) is 11.3 Å². The van der Waals surface area contributed by atoms with E-state index in [-0.39, 0.29) is 37.2 Å². The Bertz CT molecular complexity index is 1460. The number of fused-ring (bicyclic) bond motifs is 1. The van der Waals surface area contributed by atoms with Crippen molar-refractivity contribution in [3.63, 3.8) is 0 Å². The summed E-state index contributed by atoms with van der Waals surface area (Å²) in [5.74, 6) is 1.24. The van der Waals surface area contributed by atoms with Crippen molar-refractivity contribution in [1.29, 1.82) is 0 Å². The van der Waals surface area contributed by atoms with E-state index in [2.05, 4.69) is 5.32 Å². The Morgan fingerprint density at radius 1 is 0.947 bits per heavy atom. The minimum Gasteiger partial charge on any atom is -0.497 e. The molecule has 0 saturated carbocycles. The molecular weight excluding hydrogens is 488 g/mol. The first-order valence-electron chi connectivity index (χ1n) is 11.8. The zero-order chi connectivity index (χ0) is 26.5. The Morgan fingerprint density at radius 3 is 2.50 bits per heavy atom. The standard InChI is InChI=1S/C29H24N2O7/c1-35-21-10-8-20(9-11-21)30-29(34)27-14-12-23(38-27)16-31-24-15-19(7-13-26(24)37-18-28(31)33)25(32)17-36-22-5-3-2-4-6-22/h2-15H,16-18H2,1H3,(H,30,34). The van der Waals surface area contributed by atoms with Crippen LogP contribution in [0.15, 0.2) is 89.3 Å². The van der Waals surface area contributed by atoms with E-state index in [0.717, 1.165) is 0 Å². The number of rotatable bonds is 9. The molecule has 9 nitrogen and oxygen atoms in total. The predicted octanol–water partition coefficient (Wildman–Crippen LogP) is 4.73. The maximum Gasteiger partial charge on any atom is 0.291 e. The molecule has 0 saturated heterocycles. The van der Waals surface area contributed by atoms with Crippen LogP contribution in [0.1, 0.15) is 26.7 Å². The fraction of sp³-hybridized carbons (Fsp3) is 0.138. The molecule has 0 fully saturated rings. The van der Waals surface area contributed by atoms with Crippen LogP contribution in [0.3, 0.4) is 0 Å². The van der Waals surface area contributed by atoms with Crippen molar-refractivity contribution in [2.45, 2.75) is 6.54 Å². The molecule has 2 heterocycles. The number of anilines is 2. The second-order valence-electron chi connectivity index (χ2n) is 8.42. The molecule has 4 aromatic rings. The van der Waals surface area contributed by atoms with Crippen LogP contribution in [0, 0.1) is 0 Å². The molecule has 1 N–H and O–H groups in total. The number of nitrogens with one attached hydrogen (secondary N) is 1. The van der Waals surface area contributed by atoms with E-state index in [1.165, 1.54) is 4.90 Å². The number of hydrogen-bond donors (Lipinski definition) is 1. The molecule has 0 aliphatic carbocycles. The van der Waals surface area contributed by atoms with Gasteiger partial charge in [0.1, 0.15) is 23.0 Å². The minimum absolute atomic E-state index is 0.0587. The minimum atomic E-state index is -0.429. The number of carbonyl (C=O) groups excluding carboxylic acids is 3. The summed E-state index contributed by atoms with van der Waals surface area (Å²) in [6.07, 6.45) is 0. The third-order valence-corrected chi connectivity index (χ3v) is 5.88. The second-order valence-corrected chi connectivity index (χ2v) is 8.42. The van der Waals surface area contributed by atoms with Crippen molar-refractivity contribution in [3.05, 3.63) is 102 Å². The van der Waals surface area contributed by atoms with Crippen molar-refractivity contribution < 1.29 is 33.0 Å². The number of methoxy groups -OCH3 is 1. The van der Waals surface area contributed by atoms with Gasteiger partial charge in [-0.2, -0.15) is 0 Å². The number of para-hydroxylation sites is 1. The number of Topliss-reactive ketones (excluding diaryl/α,β-unsaturated/α-hetero) is 1. The largest absolute Gasteiger partial charge is 0.497 e. The quantitative estimate of drug-likeness (QED) is 0.323. The summed E-state index contributed by atoms with van der Waals surface area (Å²) in [4.78, 5) is 39.6. The number of hydrogen-bond acceptors (Lipinski definition) is 7. The number of ketones is 1. The number of carbonyl (C=O) groups is 3. The van der Waals surface area contributed by atoms with Crippen molar-refractivity contribution >= 4 is 29.0 Å². The van der Waals surface area contributed by atoms with Crippen LogP contribution in [0.4, 0.5) is 11.4 Å². The summed E-state index contributed by atoms with van der Waals surface area (Å²) in [5, 5.41) is 2.76. The van der Waals surface area contributed by atoms with Crippen molar-refractivity contribution in [3.8, 4) is 17.2 Å². The van der Waals surface area contributed by atoms with Crippen LogP contribution < -0.4 is 24.4 Å². The average molecular weight is 513 g/mol. The van der Waals surface area contributed by atoms with Gasteiger partial charge in [-0.25, -0.2) is 0 Å². The normalized spacial score (nSPS) is 12.3. The van der Waals surface area contributed by atoms with Gasteiger partial charge in [0.25, 0.3) is 11.8 Å². The average Bonchev–Trinajstić information content (AvgIpc) is 3.43. The van der Waals surface area contributed by atoms with E-state index in [9.17, 15) is 14.4 Å². The fourth-order valence-corrected chi connectivity index (χ4v) is 3.91. The van der Waals surface area contributed by atoms with Gasteiger partial charge in [-0.05, 0) is 66.7 Å². The Balaban J connectivity index is 1.28. The van der Waals surface area contributed by atoms with Crippen molar-refractivity contribution in [2.24, 2.45) is 0 Å². The highest BCUT2D eigenvalue weighted by Crippen LogP contribution is 2.34. The lowest BCUT2D eigenvalue weighted by atomic mass is 10.1. The van der Waals surface area contributed by atoms with Gasteiger partial charge in [-0.15, -0.1) is 0 Å². The number of nitrogens with zero attached hydrogens (tertiary/aromatic N) is 1. The van der Waals surface area contributed by atoms with Crippen molar-refractivity contribution in [1.82, 2.24) is 0 Å². The first-order valence-corrected chi connectivity index (χ1v) is 11.8. The van der Waals surface area contributed by atoms with Crippen LogP contribution >= 0.6 is 0 Å². The summed E-state index contributed by atoms with van der Waals surface area (Å²) < 4.78 is 22.0. The molecule has 0 spiro atoms.